The SMILES string of the molecule is CN(CCc1cccs1)C(CN)C(=O)O. The Morgan fingerprint density at radius 3 is 2.93 bits per heavy atom. The van der Waals surface area contributed by atoms with Crippen molar-refractivity contribution >= 4 is 17.3 Å². The molecule has 3 N–H and O–H groups in total. The second-order valence-electron chi connectivity index (χ2n) is 3.40. The summed E-state index contributed by atoms with van der Waals surface area (Å²) in [4.78, 5) is 13.9. The molecular weight excluding hydrogens is 212 g/mol. The first-order chi connectivity index (χ1) is 7.15. The minimum absolute atomic E-state index is 0.149. The van der Waals surface area contributed by atoms with Crippen molar-refractivity contribution in [3.63, 3.8) is 0 Å². The van der Waals surface area contributed by atoms with E-state index in [1.54, 1.807) is 23.3 Å². The standard InChI is InChI=1S/C10H16N2O2S/c1-12(9(7-11)10(13)14)5-4-8-3-2-6-15-8/h2-3,6,9H,4-5,7,11H2,1H3,(H,13,14). The van der Waals surface area contributed by atoms with Crippen molar-refractivity contribution in [3.05, 3.63) is 22.4 Å². The van der Waals surface area contributed by atoms with Crippen molar-refractivity contribution in [3.8, 4) is 0 Å². The number of carbonyl (C=O) groups is 1. The van der Waals surface area contributed by atoms with Gasteiger partial charge in [-0.3, -0.25) is 9.69 Å². The average molecular weight is 228 g/mol. The lowest BCUT2D eigenvalue weighted by atomic mass is 10.2. The lowest BCUT2D eigenvalue weighted by Crippen LogP contribution is -2.44. The van der Waals surface area contributed by atoms with Crippen LogP contribution in [0.5, 0.6) is 0 Å². The van der Waals surface area contributed by atoms with Crippen molar-refractivity contribution in [2.45, 2.75) is 12.5 Å². The van der Waals surface area contributed by atoms with Crippen molar-refractivity contribution in [2.75, 3.05) is 20.1 Å². The maximum Gasteiger partial charge on any atom is 0.322 e. The van der Waals surface area contributed by atoms with Crippen LogP contribution in [0, 0.1) is 0 Å². The van der Waals surface area contributed by atoms with E-state index in [0.29, 0.717) is 6.54 Å². The van der Waals surface area contributed by atoms with E-state index in [1.807, 2.05) is 11.4 Å². The zero-order chi connectivity index (χ0) is 11.3. The Hall–Kier alpha value is -0.910. The summed E-state index contributed by atoms with van der Waals surface area (Å²) in [5.74, 6) is -0.855. The first kappa shape index (κ1) is 12.2. The highest BCUT2D eigenvalue weighted by molar-refractivity contribution is 7.09. The van der Waals surface area contributed by atoms with Gasteiger partial charge in [0.2, 0.25) is 0 Å². The number of carboxylic acids is 1. The van der Waals surface area contributed by atoms with Gasteiger partial charge in [-0.15, -0.1) is 11.3 Å². The van der Waals surface area contributed by atoms with Crippen LogP contribution in [0.2, 0.25) is 0 Å². The summed E-state index contributed by atoms with van der Waals surface area (Å²) in [6.45, 7) is 0.866. The van der Waals surface area contributed by atoms with Gasteiger partial charge in [-0.2, -0.15) is 0 Å². The fraction of sp³-hybridized carbons (Fsp3) is 0.500. The molecule has 1 aromatic heterocycles. The van der Waals surface area contributed by atoms with Gasteiger partial charge >= 0.3 is 5.97 Å². The molecule has 0 fully saturated rings. The molecule has 0 aliphatic rings. The van der Waals surface area contributed by atoms with Crippen LogP contribution in [0.3, 0.4) is 0 Å². The molecule has 5 heteroatoms. The molecule has 0 aromatic carbocycles. The fourth-order valence-corrected chi connectivity index (χ4v) is 2.06. The maximum absolute atomic E-state index is 10.8. The first-order valence-corrected chi connectivity index (χ1v) is 5.68. The molecule has 15 heavy (non-hydrogen) atoms. The Bertz CT molecular complexity index is 300. The number of aliphatic carboxylic acids is 1. The Morgan fingerprint density at radius 1 is 1.73 bits per heavy atom. The number of carboxylic acid groups (broad SMARTS) is 1. The molecule has 1 unspecified atom stereocenters. The molecule has 0 saturated carbocycles. The normalized spacial score (nSPS) is 13.0. The molecule has 0 radical (unpaired) electrons. The second kappa shape index (κ2) is 5.85. The van der Waals surface area contributed by atoms with Gasteiger partial charge in [0.15, 0.2) is 0 Å². The van der Waals surface area contributed by atoms with Gasteiger partial charge in [0.25, 0.3) is 0 Å². The molecule has 1 atom stereocenters. The highest BCUT2D eigenvalue weighted by Gasteiger charge is 2.20. The molecule has 1 rings (SSSR count). The third-order valence-electron chi connectivity index (χ3n) is 2.33. The quantitative estimate of drug-likeness (QED) is 0.749. The van der Waals surface area contributed by atoms with E-state index in [9.17, 15) is 4.79 Å². The molecule has 0 saturated heterocycles. The van der Waals surface area contributed by atoms with Gasteiger partial charge in [-0.1, -0.05) is 6.07 Å². The fourth-order valence-electron chi connectivity index (χ4n) is 1.37. The predicted octanol–water partition coefficient (Wildman–Crippen LogP) is 0.634. The number of nitrogens with zero attached hydrogens (tertiary/aromatic N) is 1. The van der Waals surface area contributed by atoms with Crippen LogP contribution in [-0.2, 0) is 11.2 Å². The van der Waals surface area contributed by atoms with Crippen molar-refractivity contribution in [1.29, 1.82) is 0 Å². The summed E-state index contributed by atoms with van der Waals surface area (Å²) in [5, 5.41) is 10.9. The van der Waals surface area contributed by atoms with Crippen LogP contribution in [0.1, 0.15) is 4.88 Å². The van der Waals surface area contributed by atoms with E-state index in [0.717, 1.165) is 6.42 Å². The third kappa shape index (κ3) is 3.62. The lowest BCUT2D eigenvalue weighted by Gasteiger charge is -2.22. The van der Waals surface area contributed by atoms with E-state index < -0.39 is 12.0 Å². The molecule has 0 bridgehead atoms. The van der Waals surface area contributed by atoms with Crippen LogP contribution in [-0.4, -0.2) is 42.2 Å². The summed E-state index contributed by atoms with van der Waals surface area (Å²) < 4.78 is 0. The van der Waals surface area contributed by atoms with Gasteiger partial charge in [-0.05, 0) is 24.9 Å². The number of likely N-dealkylation sites (N-methyl/N-ethyl adjacent to an activating group) is 1. The summed E-state index contributed by atoms with van der Waals surface area (Å²) in [5.41, 5.74) is 5.40. The molecule has 0 aliphatic heterocycles. The van der Waals surface area contributed by atoms with E-state index in [4.69, 9.17) is 10.8 Å². The number of thiophene rings is 1. The summed E-state index contributed by atoms with van der Waals surface area (Å²) in [6.07, 6.45) is 0.873. The van der Waals surface area contributed by atoms with E-state index >= 15 is 0 Å². The van der Waals surface area contributed by atoms with E-state index in [-0.39, 0.29) is 6.54 Å². The minimum Gasteiger partial charge on any atom is -0.480 e. The number of rotatable bonds is 6. The highest BCUT2D eigenvalue weighted by atomic mass is 32.1. The van der Waals surface area contributed by atoms with Gasteiger partial charge in [0, 0.05) is 18.0 Å². The van der Waals surface area contributed by atoms with Crippen LogP contribution in [0.4, 0.5) is 0 Å². The maximum atomic E-state index is 10.8. The number of hydrogen-bond acceptors (Lipinski definition) is 4. The van der Waals surface area contributed by atoms with Gasteiger partial charge in [0.1, 0.15) is 6.04 Å². The average Bonchev–Trinajstić information content (AvgIpc) is 2.67. The first-order valence-electron chi connectivity index (χ1n) is 4.80. The summed E-state index contributed by atoms with van der Waals surface area (Å²) >= 11 is 1.69. The van der Waals surface area contributed by atoms with Crippen molar-refractivity contribution < 1.29 is 9.90 Å². The third-order valence-corrected chi connectivity index (χ3v) is 3.27. The zero-order valence-corrected chi connectivity index (χ0v) is 9.54. The Morgan fingerprint density at radius 2 is 2.47 bits per heavy atom. The van der Waals surface area contributed by atoms with Gasteiger partial charge in [-0.25, -0.2) is 0 Å². The monoisotopic (exact) mass is 228 g/mol. The van der Waals surface area contributed by atoms with Crippen LogP contribution in [0.15, 0.2) is 17.5 Å². The zero-order valence-electron chi connectivity index (χ0n) is 8.72. The topological polar surface area (TPSA) is 66.6 Å². The van der Waals surface area contributed by atoms with Crippen LogP contribution < -0.4 is 5.73 Å². The van der Waals surface area contributed by atoms with E-state index in [2.05, 4.69) is 6.07 Å². The van der Waals surface area contributed by atoms with Crippen molar-refractivity contribution in [1.82, 2.24) is 4.90 Å². The molecule has 4 nitrogen and oxygen atoms in total. The minimum atomic E-state index is -0.855. The number of hydrogen-bond donors (Lipinski definition) is 2. The van der Waals surface area contributed by atoms with Gasteiger partial charge < -0.3 is 10.8 Å². The molecule has 1 heterocycles. The predicted molar refractivity (Wildman–Crippen MR) is 61.1 cm³/mol. The van der Waals surface area contributed by atoms with Crippen molar-refractivity contribution in [2.24, 2.45) is 5.73 Å². The van der Waals surface area contributed by atoms with E-state index in [1.165, 1.54) is 4.88 Å². The summed E-state index contributed by atoms with van der Waals surface area (Å²) in [6, 6.07) is 3.47. The Balaban J connectivity index is 2.40. The molecular formula is C10H16N2O2S. The Labute approximate surface area is 93.3 Å². The molecule has 0 aliphatic carbocycles. The second-order valence-corrected chi connectivity index (χ2v) is 4.43. The molecule has 1 aromatic rings. The van der Waals surface area contributed by atoms with Crippen LogP contribution >= 0.6 is 11.3 Å². The molecule has 84 valence electrons. The lowest BCUT2D eigenvalue weighted by molar-refractivity contribution is -0.142. The van der Waals surface area contributed by atoms with Gasteiger partial charge in [0.05, 0.1) is 0 Å². The Kier molecular flexibility index (Phi) is 4.74. The number of nitrogens with two attached hydrogens (primary N) is 1. The smallest absolute Gasteiger partial charge is 0.322 e. The molecule has 0 spiro atoms. The molecule has 0 amide bonds. The largest absolute Gasteiger partial charge is 0.480 e. The highest BCUT2D eigenvalue weighted by Crippen LogP contribution is 2.10. The summed E-state index contributed by atoms with van der Waals surface area (Å²) in [7, 11) is 1.79. The van der Waals surface area contributed by atoms with Crippen LogP contribution in [0.25, 0.3) is 0 Å².